The molecule has 0 fully saturated rings. The van der Waals surface area contributed by atoms with Crippen LogP contribution in [0.5, 0.6) is 0 Å². The first-order valence-corrected chi connectivity index (χ1v) is 6.66. The molecule has 0 unspecified atom stereocenters. The Morgan fingerprint density at radius 2 is 2.00 bits per heavy atom. The third-order valence-corrected chi connectivity index (χ3v) is 2.83. The van der Waals surface area contributed by atoms with Crippen molar-refractivity contribution in [1.29, 1.82) is 0 Å². The van der Waals surface area contributed by atoms with Crippen LogP contribution in [0.25, 0.3) is 0 Å². The van der Waals surface area contributed by atoms with Gasteiger partial charge in [0.1, 0.15) is 5.82 Å². The summed E-state index contributed by atoms with van der Waals surface area (Å²) in [5, 5.41) is 5.97. The van der Waals surface area contributed by atoms with Crippen LogP contribution in [-0.2, 0) is 6.42 Å². The van der Waals surface area contributed by atoms with E-state index in [0.29, 0.717) is 12.1 Å². The summed E-state index contributed by atoms with van der Waals surface area (Å²) < 4.78 is 0. The molecule has 0 saturated heterocycles. The highest BCUT2D eigenvalue weighted by molar-refractivity contribution is 5.94. The fourth-order valence-corrected chi connectivity index (χ4v) is 1.79. The number of nitrogens with one attached hydrogen (secondary N) is 2. The van der Waals surface area contributed by atoms with Gasteiger partial charge in [0.15, 0.2) is 0 Å². The Bertz CT molecular complexity index is 540. The SMILES string of the molecule is CCNc1ccc(C(=O)NCCc2ccncc2)cn1. The number of hydrogen-bond acceptors (Lipinski definition) is 4. The van der Waals surface area contributed by atoms with E-state index in [2.05, 4.69) is 20.6 Å². The molecule has 0 radical (unpaired) electrons. The third kappa shape index (κ3) is 4.05. The van der Waals surface area contributed by atoms with Gasteiger partial charge < -0.3 is 10.6 Å². The molecule has 1 amide bonds. The van der Waals surface area contributed by atoms with Gasteiger partial charge in [0.05, 0.1) is 5.56 Å². The molecule has 0 saturated carbocycles. The highest BCUT2D eigenvalue weighted by atomic mass is 16.1. The van der Waals surface area contributed by atoms with Crippen molar-refractivity contribution in [3.63, 3.8) is 0 Å². The molecule has 5 heteroatoms. The van der Waals surface area contributed by atoms with Crippen molar-refractivity contribution < 1.29 is 4.79 Å². The Kier molecular flexibility index (Phi) is 5.06. The normalized spacial score (nSPS) is 10.1. The highest BCUT2D eigenvalue weighted by Gasteiger charge is 2.05. The van der Waals surface area contributed by atoms with Crippen LogP contribution in [0.2, 0.25) is 0 Å². The summed E-state index contributed by atoms with van der Waals surface area (Å²) >= 11 is 0. The first kappa shape index (κ1) is 14.0. The first-order chi connectivity index (χ1) is 9.79. The quantitative estimate of drug-likeness (QED) is 0.841. The van der Waals surface area contributed by atoms with Gasteiger partial charge in [0.25, 0.3) is 5.91 Å². The van der Waals surface area contributed by atoms with E-state index in [1.807, 2.05) is 19.1 Å². The number of aromatic nitrogens is 2. The predicted molar refractivity (Wildman–Crippen MR) is 78.7 cm³/mol. The van der Waals surface area contributed by atoms with Gasteiger partial charge in [-0.15, -0.1) is 0 Å². The standard InChI is InChI=1S/C15H18N4O/c1-2-17-14-4-3-13(11-19-14)15(20)18-10-7-12-5-8-16-9-6-12/h3-6,8-9,11H,2,7,10H2,1H3,(H,17,19)(H,18,20). The molecule has 2 heterocycles. The zero-order chi connectivity index (χ0) is 14.2. The van der Waals surface area contributed by atoms with Gasteiger partial charge in [0, 0.05) is 31.7 Å². The number of carbonyl (C=O) groups is 1. The lowest BCUT2D eigenvalue weighted by Gasteiger charge is -2.06. The molecule has 0 bridgehead atoms. The molecule has 2 rings (SSSR count). The van der Waals surface area contributed by atoms with Crippen LogP contribution in [0, 0.1) is 0 Å². The first-order valence-electron chi connectivity index (χ1n) is 6.66. The van der Waals surface area contributed by atoms with Crippen LogP contribution >= 0.6 is 0 Å². The summed E-state index contributed by atoms with van der Waals surface area (Å²) in [6.45, 7) is 3.41. The topological polar surface area (TPSA) is 66.9 Å². The number of pyridine rings is 2. The van der Waals surface area contributed by atoms with E-state index in [-0.39, 0.29) is 5.91 Å². The minimum Gasteiger partial charge on any atom is -0.370 e. The van der Waals surface area contributed by atoms with Gasteiger partial charge >= 0.3 is 0 Å². The summed E-state index contributed by atoms with van der Waals surface area (Å²) in [7, 11) is 0. The lowest BCUT2D eigenvalue weighted by atomic mass is 10.2. The van der Waals surface area contributed by atoms with E-state index in [9.17, 15) is 4.79 Å². The molecular formula is C15H18N4O. The average Bonchev–Trinajstić information content (AvgIpc) is 2.49. The average molecular weight is 270 g/mol. The molecule has 0 aromatic carbocycles. The van der Waals surface area contributed by atoms with Crippen LogP contribution in [0.15, 0.2) is 42.9 Å². The maximum atomic E-state index is 11.9. The van der Waals surface area contributed by atoms with E-state index in [4.69, 9.17) is 0 Å². The summed E-state index contributed by atoms with van der Waals surface area (Å²) in [5.41, 5.74) is 1.72. The minimum atomic E-state index is -0.102. The maximum absolute atomic E-state index is 11.9. The van der Waals surface area contributed by atoms with Gasteiger partial charge in [-0.05, 0) is 43.2 Å². The Labute approximate surface area is 118 Å². The lowest BCUT2D eigenvalue weighted by molar-refractivity contribution is 0.0954. The second-order valence-corrected chi connectivity index (χ2v) is 4.32. The van der Waals surface area contributed by atoms with Gasteiger partial charge in [-0.1, -0.05) is 0 Å². The smallest absolute Gasteiger partial charge is 0.252 e. The Morgan fingerprint density at radius 1 is 1.20 bits per heavy atom. The van der Waals surface area contributed by atoms with Crippen molar-refractivity contribution in [3.05, 3.63) is 54.0 Å². The van der Waals surface area contributed by atoms with Gasteiger partial charge in [-0.2, -0.15) is 0 Å². The fraction of sp³-hybridized carbons (Fsp3) is 0.267. The monoisotopic (exact) mass is 270 g/mol. The third-order valence-electron chi connectivity index (χ3n) is 2.83. The lowest BCUT2D eigenvalue weighted by Crippen LogP contribution is -2.25. The molecule has 5 nitrogen and oxygen atoms in total. The van der Waals surface area contributed by atoms with E-state index in [0.717, 1.165) is 24.3 Å². The second-order valence-electron chi connectivity index (χ2n) is 4.32. The van der Waals surface area contributed by atoms with Crippen LogP contribution in [0.1, 0.15) is 22.8 Å². The summed E-state index contributed by atoms with van der Waals surface area (Å²) in [5.74, 6) is 0.676. The number of rotatable bonds is 6. The van der Waals surface area contributed by atoms with Crippen LogP contribution in [0.3, 0.4) is 0 Å². The molecule has 0 aliphatic carbocycles. The molecule has 2 aromatic heterocycles. The van der Waals surface area contributed by atoms with Gasteiger partial charge in [-0.25, -0.2) is 4.98 Å². The van der Waals surface area contributed by atoms with E-state index >= 15 is 0 Å². The molecular weight excluding hydrogens is 252 g/mol. The number of nitrogens with zero attached hydrogens (tertiary/aromatic N) is 2. The molecule has 2 aromatic rings. The molecule has 104 valence electrons. The van der Waals surface area contributed by atoms with Crippen molar-refractivity contribution in [2.45, 2.75) is 13.3 Å². The van der Waals surface area contributed by atoms with Crippen molar-refractivity contribution in [2.75, 3.05) is 18.4 Å². The number of anilines is 1. The zero-order valence-electron chi connectivity index (χ0n) is 11.5. The van der Waals surface area contributed by atoms with Crippen molar-refractivity contribution in [1.82, 2.24) is 15.3 Å². The summed E-state index contributed by atoms with van der Waals surface area (Å²) in [4.78, 5) is 20.1. The van der Waals surface area contributed by atoms with Crippen LogP contribution in [0.4, 0.5) is 5.82 Å². The Balaban J connectivity index is 1.82. The van der Waals surface area contributed by atoms with E-state index in [1.54, 1.807) is 30.7 Å². The van der Waals surface area contributed by atoms with Crippen molar-refractivity contribution in [2.24, 2.45) is 0 Å². The van der Waals surface area contributed by atoms with E-state index in [1.165, 1.54) is 0 Å². The highest BCUT2D eigenvalue weighted by Crippen LogP contribution is 2.04. The van der Waals surface area contributed by atoms with Crippen molar-refractivity contribution >= 4 is 11.7 Å². The van der Waals surface area contributed by atoms with Gasteiger partial charge in [0.2, 0.25) is 0 Å². The zero-order valence-corrected chi connectivity index (χ0v) is 11.5. The largest absolute Gasteiger partial charge is 0.370 e. The molecule has 0 spiro atoms. The number of carbonyl (C=O) groups excluding carboxylic acids is 1. The summed E-state index contributed by atoms with van der Waals surface area (Å²) in [6.07, 6.45) is 5.87. The minimum absolute atomic E-state index is 0.102. The van der Waals surface area contributed by atoms with Crippen LogP contribution < -0.4 is 10.6 Å². The Hall–Kier alpha value is -2.43. The number of hydrogen-bond donors (Lipinski definition) is 2. The van der Waals surface area contributed by atoms with Crippen molar-refractivity contribution in [3.8, 4) is 0 Å². The Morgan fingerprint density at radius 3 is 2.65 bits per heavy atom. The van der Waals surface area contributed by atoms with Crippen LogP contribution in [-0.4, -0.2) is 29.0 Å². The second kappa shape index (κ2) is 7.23. The van der Waals surface area contributed by atoms with Gasteiger partial charge in [-0.3, -0.25) is 9.78 Å². The molecule has 0 aliphatic rings. The van der Waals surface area contributed by atoms with E-state index < -0.39 is 0 Å². The molecule has 0 atom stereocenters. The predicted octanol–water partition coefficient (Wildman–Crippen LogP) is 1.88. The molecule has 2 N–H and O–H groups in total. The number of amides is 1. The fourth-order valence-electron chi connectivity index (χ4n) is 1.79. The molecule has 0 aliphatic heterocycles. The summed E-state index contributed by atoms with van der Waals surface area (Å²) in [6, 6.07) is 7.46. The maximum Gasteiger partial charge on any atom is 0.252 e. The molecule has 20 heavy (non-hydrogen) atoms.